The number of rotatable bonds is 6. The van der Waals surface area contributed by atoms with Crippen molar-refractivity contribution in [1.82, 2.24) is 0 Å². The smallest absolute Gasteiger partial charge is 0.125 e. The van der Waals surface area contributed by atoms with Gasteiger partial charge in [0, 0.05) is 30.7 Å². The highest BCUT2D eigenvalue weighted by atomic mass is 16.5. The summed E-state index contributed by atoms with van der Waals surface area (Å²) >= 11 is 0. The normalized spacial score (nSPS) is 18.8. The second-order valence-electron chi connectivity index (χ2n) is 4.74. The Balaban J connectivity index is 2.37. The zero-order valence-corrected chi connectivity index (χ0v) is 11.9. The Morgan fingerprint density at radius 3 is 2.79 bits per heavy atom. The minimum absolute atomic E-state index is 0.142. The molecule has 19 heavy (non-hydrogen) atoms. The van der Waals surface area contributed by atoms with Crippen LogP contribution in [0, 0.1) is 0 Å². The SMILES string of the molecule is CCOc1cc2c(cc1C(CN)OCC)OC(C)C2. The Hall–Kier alpha value is -1.26. The van der Waals surface area contributed by atoms with Crippen molar-refractivity contribution < 1.29 is 14.2 Å². The van der Waals surface area contributed by atoms with E-state index in [1.54, 1.807) is 0 Å². The molecule has 1 aromatic carbocycles. The van der Waals surface area contributed by atoms with Crippen molar-refractivity contribution in [2.45, 2.75) is 39.4 Å². The lowest BCUT2D eigenvalue weighted by atomic mass is 10.0. The van der Waals surface area contributed by atoms with Crippen LogP contribution in [-0.2, 0) is 11.2 Å². The number of fused-ring (bicyclic) bond motifs is 1. The highest BCUT2D eigenvalue weighted by molar-refractivity contribution is 5.49. The highest BCUT2D eigenvalue weighted by Gasteiger charge is 2.24. The number of ether oxygens (including phenoxy) is 3. The van der Waals surface area contributed by atoms with Gasteiger partial charge < -0.3 is 19.9 Å². The van der Waals surface area contributed by atoms with Gasteiger partial charge in [-0.05, 0) is 32.9 Å². The molecule has 0 saturated carbocycles. The van der Waals surface area contributed by atoms with Gasteiger partial charge in [-0.15, -0.1) is 0 Å². The van der Waals surface area contributed by atoms with Crippen LogP contribution in [0.4, 0.5) is 0 Å². The summed E-state index contributed by atoms with van der Waals surface area (Å²) < 4.78 is 17.2. The summed E-state index contributed by atoms with van der Waals surface area (Å²) in [6.07, 6.45) is 1.01. The Labute approximate surface area is 114 Å². The Kier molecular flexibility index (Phi) is 4.66. The third-order valence-electron chi connectivity index (χ3n) is 3.26. The maximum atomic E-state index is 5.81. The van der Waals surface area contributed by atoms with Crippen LogP contribution in [0.5, 0.6) is 11.5 Å². The van der Waals surface area contributed by atoms with Gasteiger partial charge in [-0.3, -0.25) is 0 Å². The summed E-state index contributed by atoms with van der Waals surface area (Å²) in [5, 5.41) is 0. The molecule has 0 saturated heterocycles. The van der Waals surface area contributed by atoms with E-state index in [-0.39, 0.29) is 12.2 Å². The zero-order valence-electron chi connectivity index (χ0n) is 11.9. The van der Waals surface area contributed by atoms with E-state index < -0.39 is 0 Å². The van der Waals surface area contributed by atoms with E-state index in [1.807, 2.05) is 19.9 Å². The fraction of sp³-hybridized carbons (Fsp3) is 0.600. The molecule has 4 heteroatoms. The minimum Gasteiger partial charge on any atom is -0.493 e. The van der Waals surface area contributed by atoms with Crippen LogP contribution in [0.1, 0.15) is 38.0 Å². The number of benzene rings is 1. The van der Waals surface area contributed by atoms with Crippen molar-refractivity contribution in [1.29, 1.82) is 0 Å². The molecule has 0 aromatic heterocycles. The summed E-state index contributed by atoms with van der Waals surface area (Å²) in [5.74, 6) is 1.80. The summed E-state index contributed by atoms with van der Waals surface area (Å²) in [4.78, 5) is 0. The molecule has 0 fully saturated rings. The fourth-order valence-corrected chi connectivity index (χ4v) is 2.47. The molecule has 1 aliphatic heterocycles. The summed E-state index contributed by atoms with van der Waals surface area (Å²) in [6.45, 7) is 7.71. The van der Waals surface area contributed by atoms with E-state index in [2.05, 4.69) is 13.0 Å². The molecule has 2 atom stereocenters. The van der Waals surface area contributed by atoms with Crippen LogP contribution in [0.25, 0.3) is 0 Å². The van der Waals surface area contributed by atoms with Gasteiger partial charge in [0.15, 0.2) is 0 Å². The maximum absolute atomic E-state index is 5.81. The molecule has 2 N–H and O–H groups in total. The third kappa shape index (κ3) is 3.01. The zero-order chi connectivity index (χ0) is 13.8. The van der Waals surface area contributed by atoms with E-state index in [0.717, 1.165) is 23.5 Å². The average molecular weight is 265 g/mol. The van der Waals surface area contributed by atoms with Gasteiger partial charge in [0.25, 0.3) is 0 Å². The first kappa shape index (κ1) is 14.2. The summed E-state index contributed by atoms with van der Waals surface area (Å²) in [7, 11) is 0. The molecule has 0 aliphatic carbocycles. The molecule has 0 amide bonds. The van der Waals surface area contributed by atoms with Gasteiger partial charge >= 0.3 is 0 Å². The van der Waals surface area contributed by atoms with Gasteiger partial charge in [-0.2, -0.15) is 0 Å². The van der Waals surface area contributed by atoms with Crippen molar-refractivity contribution in [2.24, 2.45) is 5.73 Å². The average Bonchev–Trinajstić information content (AvgIpc) is 2.75. The van der Waals surface area contributed by atoms with E-state index in [9.17, 15) is 0 Å². The predicted molar refractivity (Wildman–Crippen MR) is 74.8 cm³/mol. The maximum Gasteiger partial charge on any atom is 0.125 e. The molecule has 4 nitrogen and oxygen atoms in total. The molecule has 0 bridgehead atoms. The molecule has 1 aromatic rings. The molecule has 0 radical (unpaired) electrons. The van der Waals surface area contributed by atoms with Crippen molar-refractivity contribution in [2.75, 3.05) is 19.8 Å². The lowest BCUT2D eigenvalue weighted by molar-refractivity contribution is 0.0663. The quantitative estimate of drug-likeness (QED) is 0.858. The van der Waals surface area contributed by atoms with Crippen molar-refractivity contribution >= 4 is 0 Å². The van der Waals surface area contributed by atoms with Crippen LogP contribution in [0.15, 0.2) is 12.1 Å². The van der Waals surface area contributed by atoms with Gasteiger partial charge in [0.05, 0.1) is 12.7 Å². The molecular weight excluding hydrogens is 242 g/mol. The minimum atomic E-state index is -0.142. The molecule has 2 rings (SSSR count). The second kappa shape index (κ2) is 6.26. The standard InChI is InChI=1S/C15H23NO3/c1-4-17-14-7-11-6-10(3)19-13(11)8-12(14)15(9-16)18-5-2/h7-8,10,15H,4-6,9,16H2,1-3H3. The molecular formula is C15H23NO3. The first-order chi connectivity index (χ1) is 9.19. The molecule has 0 spiro atoms. The van der Waals surface area contributed by atoms with Crippen LogP contribution in [0.2, 0.25) is 0 Å². The fourth-order valence-electron chi connectivity index (χ4n) is 2.47. The van der Waals surface area contributed by atoms with E-state index >= 15 is 0 Å². The summed E-state index contributed by atoms with van der Waals surface area (Å²) in [5.41, 5.74) is 7.99. The van der Waals surface area contributed by atoms with E-state index in [4.69, 9.17) is 19.9 Å². The summed E-state index contributed by atoms with van der Waals surface area (Å²) in [6, 6.07) is 4.09. The Bertz CT molecular complexity index is 434. The molecule has 1 heterocycles. The third-order valence-corrected chi connectivity index (χ3v) is 3.26. The molecule has 2 unspecified atom stereocenters. The molecule has 106 valence electrons. The Morgan fingerprint density at radius 1 is 1.37 bits per heavy atom. The van der Waals surface area contributed by atoms with Crippen molar-refractivity contribution in [3.63, 3.8) is 0 Å². The Morgan fingerprint density at radius 2 is 2.16 bits per heavy atom. The van der Waals surface area contributed by atoms with Crippen LogP contribution in [-0.4, -0.2) is 25.9 Å². The van der Waals surface area contributed by atoms with Crippen molar-refractivity contribution in [3.05, 3.63) is 23.3 Å². The lowest BCUT2D eigenvalue weighted by Gasteiger charge is -2.20. The van der Waals surface area contributed by atoms with Gasteiger partial charge in [-0.25, -0.2) is 0 Å². The van der Waals surface area contributed by atoms with Crippen LogP contribution < -0.4 is 15.2 Å². The van der Waals surface area contributed by atoms with E-state index in [1.165, 1.54) is 5.56 Å². The number of hydrogen-bond donors (Lipinski definition) is 1. The first-order valence-corrected chi connectivity index (χ1v) is 6.97. The van der Waals surface area contributed by atoms with Gasteiger partial charge in [-0.1, -0.05) is 0 Å². The largest absolute Gasteiger partial charge is 0.493 e. The second-order valence-corrected chi connectivity index (χ2v) is 4.74. The lowest BCUT2D eigenvalue weighted by Crippen LogP contribution is -2.17. The van der Waals surface area contributed by atoms with Crippen LogP contribution >= 0.6 is 0 Å². The topological polar surface area (TPSA) is 53.7 Å². The first-order valence-electron chi connectivity index (χ1n) is 6.97. The number of nitrogens with two attached hydrogens (primary N) is 1. The van der Waals surface area contributed by atoms with Gasteiger partial charge in [0.2, 0.25) is 0 Å². The van der Waals surface area contributed by atoms with Gasteiger partial charge in [0.1, 0.15) is 17.6 Å². The van der Waals surface area contributed by atoms with E-state index in [0.29, 0.717) is 19.8 Å². The molecule has 1 aliphatic rings. The van der Waals surface area contributed by atoms with Crippen LogP contribution in [0.3, 0.4) is 0 Å². The predicted octanol–water partition coefficient (Wildman–Crippen LogP) is 2.45. The monoisotopic (exact) mass is 265 g/mol. The van der Waals surface area contributed by atoms with Crippen molar-refractivity contribution in [3.8, 4) is 11.5 Å². The highest BCUT2D eigenvalue weighted by Crippen LogP contribution is 2.38. The number of hydrogen-bond acceptors (Lipinski definition) is 4.